The van der Waals surface area contributed by atoms with Crippen LogP contribution >= 0.6 is 0 Å². The van der Waals surface area contributed by atoms with Crippen LogP contribution in [0.25, 0.3) is 0 Å². The summed E-state index contributed by atoms with van der Waals surface area (Å²) in [6.45, 7) is 9.95. The Morgan fingerprint density at radius 2 is 0.931 bits per heavy atom. The van der Waals surface area contributed by atoms with Crippen molar-refractivity contribution in [1.82, 2.24) is 4.90 Å². The van der Waals surface area contributed by atoms with Gasteiger partial charge in [0.05, 0.1) is 13.2 Å². The number of nitrogens with zero attached hydrogens (tertiary/aromatic N) is 1. The minimum atomic E-state index is -0.0185. The van der Waals surface area contributed by atoms with Gasteiger partial charge < -0.3 is 4.74 Å². The van der Waals surface area contributed by atoms with Crippen LogP contribution in [0.1, 0.15) is 136 Å². The molecule has 0 N–H and O–H groups in total. The Morgan fingerprint density at radius 1 is 0.552 bits per heavy atom. The summed E-state index contributed by atoms with van der Waals surface area (Å²) in [6, 6.07) is 0. The molecule has 0 spiro atoms. The van der Waals surface area contributed by atoms with Crippen LogP contribution in [0.2, 0.25) is 0 Å². The quantitative estimate of drug-likeness (QED) is 0.126. The molecule has 0 aromatic carbocycles. The van der Waals surface area contributed by atoms with Crippen molar-refractivity contribution in [2.24, 2.45) is 0 Å². The van der Waals surface area contributed by atoms with Crippen molar-refractivity contribution in [3.63, 3.8) is 0 Å². The third-order valence-corrected chi connectivity index (χ3v) is 5.77. The van der Waals surface area contributed by atoms with Crippen LogP contribution in [0.5, 0.6) is 0 Å². The summed E-state index contributed by atoms with van der Waals surface area (Å²) < 4.78 is 5.53. The predicted molar refractivity (Wildman–Crippen MR) is 128 cm³/mol. The molecule has 0 aliphatic carbocycles. The molecule has 0 aliphatic heterocycles. The first-order valence-corrected chi connectivity index (χ1v) is 13.1. The highest BCUT2D eigenvalue weighted by Gasteiger charge is 2.11. The lowest BCUT2D eigenvalue weighted by atomic mass is 10.1. The molecule has 0 aromatic rings. The molecule has 0 atom stereocenters. The van der Waals surface area contributed by atoms with Gasteiger partial charge in [0.25, 0.3) is 0 Å². The van der Waals surface area contributed by atoms with E-state index >= 15 is 0 Å². The Hall–Kier alpha value is -0.570. The first-order valence-electron chi connectivity index (χ1n) is 13.1. The lowest BCUT2D eigenvalue weighted by Gasteiger charge is -2.21. The highest BCUT2D eigenvalue weighted by molar-refractivity contribution is 5.71. The molecular weight excluding hydrogens is 358 g/mol. The molecule has 0 bridgehead atoms. The normalized spacial score (nSPS) is 11.3. The van der Waals surface area contributed by atoms with Crippen LogP contribution in [0.3, 0.4) is 0 Å². The largest absolute Gasteiger partial charge is 0.465 e. The van der Waals surface area contributed by atoms with Gasteiger partial charge in [-0.2, -0.15) is 0 Å². The van der Waals surface area contributed by atoms with Gasteiger partial charge in [-0.3, -0.25) is 9.69 Å². The SMILES string of the molecule is CCCCCCCCCCOC(=O)CN(CCCCCCC)CCCCCCC. The maximum Gasteiger partial charge on any atom is 0.320 e. The van der Waals surface area contributed by atoms with Crippen molar-refractivity contribution >= 4 is 5.97 Å². The van der Waals surface area contributed by atoms with E-state index in [9.17, 15) is 4.79 Å². The Bertz CT molecular complexity index is 319. The van der Waals surface area contributed by atoms with Crippen molar-refractivity contribution in [2.45, 2.75) is 136 Å². The molecule has 0 fully saturated rings. The number of unbranched alkanes of at least 4 members (excludes halogenated alkanes) is 15. The van der Waals surface area contributed by atoms with E-state index in [1.165, 1.54) is 109 Å². The fourth-order valence-corrected chi connectivity index (χ4v) is 3.80. The first kappa shape index (κ1) is 28.4. The first-order chi connectivity index (χ1) is 14.2. The Balaban J connectivity index is 3.88. The van der Waals surface area contributed by atoms with E-state index in [-0.39, 0.29) is 5.97 Å². The highest BCUT2D eigenvalue weighted by atomic mass is 16.5. The fraction of sp³-hybridized carbons (Fsp3) is 0.962. The number of esters is 1. The second-order valence-electron chi connectivity index (χ2n) is 8.80. The summed E-state index contributed by atoms with van der Waals surface area (Å²) in [5.41, 5.74) is 0. The molecule has 0 heterocycles. The summed E-state index contributed by atoms with van der Waals surface area (Å²) in [4.78, 5) is 14.6. The fourth-order valence-electron chi connectivity index (χ4n) is 3.80. The van der Waals surface area contributed by atoms with Crippen LogP contribution in [0, 0.1) is 0 Å². The average molecular weight is 412 g/mol. The molecule has 0 amide bonds. The zero-order chi connectivity index (χ0) is 21.4. The van der Waals surface area contributed by atoms with Gasteiger partial charge in [-0.1, -0.05) is 117 Å². The van der Waals surface area contributed by atoms with Crippen molar-refractivity contribution in [3.05, 3.63) is 0 Å². The monoisotopic (exact) mass is 411 g/mol. The molecule has 0 aromatic heterocycles. The third kappa shape index (κ3) is 21.9. The average Bonchev–Trinajstić information content (AvgIpc) is 2.72. The second-order valence-corrected chi connectivity index (χ2v) is 8.80. The molecule has 3 heteroatoms. The maximum absolute atomic E-state index is 12.3. The van der Waals surface area contributed by atoms with Crippen molar-refractivity contribution < 1.29 is 9.53 Å². The van der Waals surface area contributed by atoms with Gasteiger partial charge in [-0.25, -0.2) is 0 Å². The molecule has 0 rings (SSSR count). The molecule has 3 nitrogen and oxygen atoms in total. The second kappa shape index (κ2) is 23.7. The number of hydrogen-bond acceptors (Lipinski definition) is 3. The van der Waals surface area contributed by atoms with E-state index in [1.807, 2.05) is 0 Å². The summed E-state index contributed by atoms with van der Waals surface area (Å²) in [5, 5.41) is 0. The van der Waals surface area contributed by atoms with E-state index in [4.69, 9.17) is 4.74 Å². The summed E-state index contributed by atoms with van der Waals surface area (Å²) in [7, 11) is 0. The van der Waals surface area contributed by atoms with Gasteiger partial charge >= 0.3 is 5.97 Å². The van der Waals surface area contributed by atoms with Gasteiger partial charge in [-0.05, 0) is 32.4 Å². The van der Waals surface area contributed by atoms with Gasteiger partial charge in [-0.15, -0.1) is 0 Å². The minimum absolute atomic E-state index is 0.0185. The minimum Gasteiger partial charge on any atom is -0.465 e. The molecule has 0 saturated carbocycles. The summed E-state index contributed by atoms with van der Waals surface area (Å²) in [5.74, 6) is -0.0185. The van der Waals surface area contributed by atoms with Gasteiger partial charge in [0.15, 0.2) is 0 Å². The Morgan fingerprint density at radius 3 is 1.38 bits per heavy atom. The molecule has 174 valence electrons. The van der Waals surface area contributed by atoms with Gasteiger partial charge in [0.2, 0.25) is 0 Å². The molecule has 29 heavy (non-hydrogen) atoms. The van der Waals surface area contributed by atoms with Crippen LogP contribution in [0.4, 0.5) is 0 Å². The smallest absolute Gasteiger partial charge is 0.320 e. The maximum atomic E-state index is 12.3. The standard InChI is InChI=1S/C26H53NO2/c1-4-7-10-13-14-15-18-21-24-29-26(28)25-27(22-19-16-11-8-5-2)23-20-17-12-9-6-3/h4-25H2,1-3H3. The molecule has 0 unspecified atom stereocenters. The topological polar surface area (TPSA) is 29.5 Å². The van der Waals surface area contributed by atoms with Crippen LogP contribution in [-0.4, -0.2) is 37.1 Å². The van der Waals surface area contributed by atoms with Crippen LogP contribution < -0.4 is 0 Å². The van der Waals surface area contributed by atoms with Crippen molar-refractivity contribution in [1.29, 1.82) is 0 Å². The Labute approximate surface area is 183 Å². The molecule has 0 radical (unpaired) electrons. The number of ether oxygens (including phenoxy) is 1. The van der Waals surface area contributed by atoms with Gasteiger partial charge in [0, 0.05) is 0 Å². The van der Waals surface area contributed by atoms with E-state index in [2.05, 4.69) is 25.7 Å². The van der Waals surface area contributed by atoms with Crippen molar-refractivity contribution in [2.75, 3.05) is 26.2 Å². The van der Waals surface area contributed by atoms with Crippen LogP contribution in [0.15, 0.2) is 0 Å². The lowest BCUT2D eigenvalue weighted by Crippen LogP contribution is -2.33. The van der Waals surface area contributed by atoms with Gasteiger partial charge in [0.1, 0.15) is 0 Å². The predicted octanol–water partition coefficient (Wildman–Crippen LogP) is 7.91. The number of carbonyl (C=O) groups is 1. The number of carbonyl (C=O) groups excluding carboxylic acids is 1. The molecular formula is C26H53NO2. The zero-order valence-corrected chi connectivity index (χ0v) is 20.3. The third-order valence-electron chi connectivity index (χ3n) is 5.77. The van der Waals surface area contributed by atoms with Crippen molar-refractivity contribution in [3.8, 4) is 0 Å². The van der Waals surface area contributed by atoms with E-state index < -0.39 is 0 Å². The number of rotatable bonds is 23. The highest BCUT2D eigenvalue weighted by Crippen LogP contribution is 2.09. The lowest BCUT2D eigenvalue weighted by molar-refractivity contribution is -0.145. The summed E-state index contributed by atoms with van der Waals surface area (Å²) in [6.07, 6.45) is 23.1. The van der Waals surface area contributed by atoms with E-state index in [0.717, 1.165) is 19.5 Å². The summed E-state index contributed by atoms with van der Waals surface area (Å²) >= 11 is 0. The Kier molecular flexibility index (Phi) is 23.2. The van der Waals surface area contributed by atoms with Crippen LogP contribution in [-0.2, 0) is 9.53 Å². The zero-order valence-electron chi connectivity index (χ0n) is 20.3. The molecule has 0 aliphatic rings. The van der Waals surface area contributed by atoms with E-state index in [0.29, 0.717) is 13.2 Å². The molecule has 0 saturated heterocycles. The van der Waals surface area contributed by atoms with E-state index in [1.54, 1.807) is 0 Å². The number of hydrogen-bond donors (Lipinski definition) is 0.